The molecule has 1 aliphatic carbocycles. The van der Waals surface area contributed by atoms with Crippen molar-refractivity contribution in [1.82, 2.24) is 9.47 Å². The van der Waals surface area contributed by atoms with Crippen molar-refractivity contribution >= 4 is 10.9 Å². The average Bonchev–Trinajstić information content (AvgIpc) is 3.05. The number of benzene rings is 1. The Labute approximate surface area is 162 Å². The number of halogens is 1. The van der Waals surface area contributed by atoms with Gasteiger partial charge in [0, 0.05) is 48.3 Å². The standard InChI is InChI=1S/C23H34FN3/c1-16(2)17-3-6-20(7-4-17)26-11-9-21(10-12-26)27-22(15-25)14-18-13-19(24)5-8-23(18)27/h5,8,13-14,16-17,20-21H,3-4,6-7,9-12,15,25H2,1-2H3. The van der Waals surface area contributed by atoms with E-state index in [4.69, 9.17) is 5.73 Å². The highest BCUT2D eigenvalue weighted by atomic mass is 19.1. The predicted molar refractivity (Wildman–Crippen MR) is 110 cm³/mol. The van der Waals surface area contributed by atoms with E-state index in [0.717, 1.165) is 47.3 Å². The van der Waals surface area contributed by atoms with Gasteiger partial charge in [-0.05, 0) is 74.6 Å². The van der Waals surface area contributed by atoms with Crippen molar-refractivity contribution in [3.8, 4) is 0 Å². The molecule has 2 aliphatic rings. The van der Waals surface area contributed by atoms with E-state index in [-0.39, 0.29) is 5.82 Å². The van der Waals surface area contributed by atoms with Crippen LogP contribution >= 0.6 is 0 Å². The Morgan fingerprint density at radius 2 is 1.70 bits per heavy atom. The van der Waals surface area contributed by atoms with Crippen LogP contribution in [0.1, 0.15) is 64.1 Å². The average molecular weight is 372 g/mol. The first kappa shape index (κ1) is 18.9. The Morgan fingerprint density at radius 1 is 1.00 bits per heavy atom. The summed E-state index contributed by atoms with van der Waals surface area (Å²) in [5.41, 5.74) is 8.28. The molecule has 1 aliphatic heterocycles. The Morgan fingerprint density at radius 3 is 2.33 bits per heavy atom. The fraction of sp³-hybridized carbons (Fsp3) is 0.652. The van der Waals surface area contributed by atoms with E-state index < -0.39 is 0 Å². The van der Waals surface area contributed by atoms with Gasteiger partial charge in [-0.3, -0.25) is 0 Å². The Hall–Kier alpha value is -1.39. The fourth-order valence-electron chi connectivity index (χ4n) is 5.50. The first-order valence-corrected chi connectivity index (χ1v) is 10.8. The molecule has 0 amide bonds. The summed E-state index contributed by atoms with van der Waals surface area (Å²) in [7, 11) is 0. The van der Waals surface area contributed by atoms with Crippen LogP contribution in [0.3, 0.4) is 0 Å². The number of nitrogens with two attached hydrogens (primary N) is 1. The SMILES string of the molecule is CC(C)C1CCC(N2CCC(n3c(CN)cc4cc(F)ccc43)CC2)CC1. The lowest BCUT2D eigenvalue weighted by Gasteiger charge is -2.42. The van der Waals surface area contributed by atoms with Crippen LogP contribution in [0.2, 0.25) is 0 Å². The molecule has 1 aromatic carbocycles. The van der Waals surface area contributed by atoms with E-state index in [2.05, 4.69) is 29.4 Å². The number of hydrogen-bond donors (Lipinski definition) is 1. The summed E-state index contributed by atoms with van der Waals surface area (Å²) in [4.78, 5) is 2.74. The minimum atomic E-state index is -0.171. The first-order valence-electron chi connectivity index (χ1n) is 10.8. The summed E-state index contributed by atoms with van der Waals surface area (Å²) in [6.07, 6.45) is 7.86. The number of rotatable bonds is 4. The zero-order chi connectivity index (χ0) is 19.0. The van der Waals surface area contributed by atoms with Crippen LogP contribution in [0.5, 0.6) is 0 Å². The maximum atomic E-state index is 13.6. The van der Waals surface area contributed by atoms with Gasteiger partial charge in [0.05, 0.1) is 0 Å². The van der Waals surface area contributed by atoms with Crippen molar-refractivity contribution in [2.24, 2.45) is 17.6 Å². The molecule has 148 valence electrons. The molecule has 3 nitrogen and oxygen atoms in total. The second-order valence-corrected chi connectivity index (χ2v) is 8.99. The third-order valence-corrected chi connectivity index (χ3v) is 7.15. The molecule has 0 radical (unpaired) electrons. The lowest BCUT2D eigenvalue weighted by Crippen LogP contribution is -2.44. The monoisotopic (exact) mass is 371 g/mol. The van der Waals surface area contributed by atoms with Gasteiger partial charge in [-0.15, -0.1) is 0 Å². The molecule has 2 fully saturated rings. The minimum absolute atomic E-state index is 0.171. The molecule has 0 unspecified atom stereocenters. The molecule has 0 spiro atoms. The first-order chi connectivity index (χ1) is 13.1. The van der Waals surface area contributed by atoms with Gasteiger partial charge in [0.15, 0.2) is 0 Å². The number of likely N-dealkylation sites (tertiary alicyclic amines) is 1. The summed E-state index contributed by atoms with van der Waals surface area (Å²) >= 11 is 0. The smallest absolute Gasteiger partial charge is 0.123 e. The lowest BCUT2D eigenvalue weighted by molar-refractivity contribution is 0.0889. The molecule has 2 heterocycles. The molecule has 2 aromatic rings. The van der Waals surface area contributed by atoms with Crippen LogP contribution < -0.4 is 5.73 Å². The van der Waals surface area contributed by atoms with E-state index in [0.29, 0.717) is 12.6 Å². The number of piperidine rings is 1. The Kier molecular flexibility index (Phi) is 5.56. The second kappa shape index (κ2) is 7.92. The summed E-state index contributed by atoms with van der Waals surface area (Å²) in [5.74, 6) is 1.59. The van der Waals surface area contributed by atoms with E-state index >= 15 is 0 Å². The molecule has 2 N–H and O–H groups in total. The Bertz CT molecular complexity index is 765. The van der Waals surface area contributed by atoms with E-state index in [1.807, 2.05) is 6.07 Å². The topological polar surface area (TPSA) is 34.2 Å². The van der Waals surface area contributed by atoms with Crippen LogP contribution in [-0.2, 0) is 6.54 Å². The van der Waals surface area contributed by atoms with E-state index in [9.17, 15) is 4.39 Å². The maximum absolute atomic E-state index is 13.6. The van der Waals surface area contributed by atoms with Crippen molar-refractivity contribution in [1.29, 1.82) is 0 Å². The number of fused-ring (bicyclic) bond motifs is 1. The highest BCUT2D eigenvalue weighted by Gasteiger charge is 2.31. The van der Waals surface area contributed by atoms with Crippen molar-refractivity contribution in [2.45, 2.75) is 71.0 Å². The number of nitrogens with zero attached hydrogens (tertiary/aromatic N) is 2. The van der Waals surface area contributed by atoms with Crippen LogP contribution in [0.4, 0.5) is 4.39 Å². The van der Waals surface area contributed by atoms with Crippen molar-refractivity contribution < 1.29 is 4.39 Å². The van der Waals surface area contributed by atoms with Gasteiger partial charge < -0.3 is 15.2 Å². The minimum Gasteiger partial charge on any atom is -0.340 e. The van der Waals surface area contributed by atoms with Crippen LogP contribution in [0.15, 0.2) is 24.3 Å². The highest BCUT2D eigenvalue weighted by Crippen LogP contribution is 2.36. The predicted octanol–water partition coefficient (Wildman–Crippen LogP) is 5.09. The van der Waals surface area contributed by atoms with Crippen LogP contribution in [0, 0.1) is 17.7 Å². The van der Waals surface area contributed by atoms with Crippen LogP contribution in [-0.4, -0.2) is 28.6 Å². The molecule has 0 atom stereocenters. The number of aromatic nitrogens is 1. The maximum Gasteiger partial charge on any atom is 0.123 e. The van der Waals surface area contributed by atoms with Gasteiger partial charge in [-0.25, -0.2) is 4.39 Å². The third kappa shape index (κ3) is 3.79. The van der Waals surface area contributed by atoms with Crippen molar-refractivity contribution in [2.75, 3.05) is 13.1 Å². The normalized spacial score (nSPS) is 25.5. The molecule has 1 saturated heterocycles. The summed E-state index contributed by atoms with van der Waals surface area (Å²) in [6, 6.07) is 8.45. The van der Waals surface area contributed by atoms with E-state index in [1.165, 1.54) is 38.8 Å². The summed E-state index contributed by atoms with van der Waals surface area (Å²) in [5, 5.41) is 0.977. The van der Waals surface area contributed by atoms with Crippen LogP contribution in [0.25, 0.3) is 10.9 Å². The molecule has 4 heteroatoms. The fourth-order valence-corrected chi connectivity index (χ4v) is 5.50. The zero-order valence-electron chi connectivity index (χ0n) is 16.8. The molecule has 4 rings (SSSR count). The summed E-state index contributed by atoms with van der Waals surface area (Å²) < 4.78 is 16.0. The van der Waals surface area contributed by atoms with E-state index in [1.54, 1.807) is 12.1 Å². The molecule has 27 heavy (non-hydrogen) atoms. The van der Waals surface area contributed by atoms with Gasteiger partial charge >= 0.3 is 0 Å². The van der Waals surface area contributed by atoms with Crippen molar-refractivity contribution in [3.63, 3.8) is 0 Å². The van der Waals surface area contributed by atoms with Crippen molar-refractivity contribution in [3.05, 3.63) is 35.8 Å². The highest BCUT2D eigenvalue weighted by molar-refractivity contribution is 5.81. The number of hydrogen-bond acceptors (Lipinski definition) is 2. The van der Waals surface area contributed by atoms with Gasteiger partial charge in [-0.1, -0.05) is 13.8 Å². The molecular formula is C23H34FN3. The van der Waals surface area contributed by atoms with Gasteiger partial charge in [0.1, 0.15) is 5.82 Å². The quantitative estimate of drug-likeness (QED) is 0.812. The molecular weight excluding hydrogens is 337 g/mol. The molecule has 1 saturated carbocycles. The largest absolute Gasteiger partial charge is 0.340 e. The lowest BCUT2D eigenvalue weighted by atomic mass is 9.79. The second-order valence-electron chi connectivity index (χ2n) is 8.99. The van der Waals surface area contributed by atoms with Gasteiger partial charge in [0.25, 0.3) is 0 Å². The van der Waals surface area contributed by atoms with Gasteiger partial charge in [0.2, 0.25) is 0 Å². The summed E-state index contributed by atoms with van der Waals surface area (Å²) in [6.45, 7) is 7.60. The zero-order valence-corrected chi connectivity index (χ0v) is 16.8. The third-order valence-electron chi connectivity index (χ3n) is 7.15. The molecule has 0 bridgehead atoms. The Balaban J connectivity index is 1.43. The van der Waals surface area contributed by atoms with Gasteiger partial charge in [-0.2, -0.15) is 0 Å². The molecule has 1 aromatic heterocycles.